The minimum atomic E-state index is -0.0347. The van der Waals surface area contributed by atoms with Gasteiger partial charge in [-0.2, -0.15) is 0 Å². The quantitative estimate of drug-likeness (QED) is 0.564. The lowest BCUT2D eigenvalue weighted by atomic mass is 10.1. The second-order valence-electron chi connectivity index (χ2n) is 2.69. The van der Waals surface area contributed by atoms with Gasteiger partial charge in [0.1, 0.15) is 0 Å². The maximum absolute atomic E-state index is 5.59. The van der Waals surface area contributed by atoms with Gasteiger partial charge in [-0.15, -0.1) is 0 Å². The van der Waals surface area contributed by atoms with Crippen LogP contribution in [0.4, 0.5) is 0 Å². The molecular weight excluding hydrogens is 132 g/mol. The lowest BCUT2D eigenvalue weighted by Gasteiger charge is -2.06. The summed E-state index contributed by atoms with van der Waals surface area (Å²) >= 11 is 4.72. The zero-order chi connectivity index (χ0) is 6.85. The van der Waals surface area contributed by atoms with E-state index in [0.29, 0.717) is 4.99 Å². The molecule has 0 aromatic rings. The zero-order valence-corrected chi connectivity index (χ0v) is 6.16. The molecule has 0 amide bonds. The van der Waals surface area contributed by atoms with Crippen molar-refractivity contribution in [2.24, 2.45) is 17.4 Å². The van der Waals surface area contributed by atoms with Crippen LogP contribution in [-0.4, -0.2) is 11.0 Å². The van der Waals surface area contributed by atoms with Crippen molar-refractivity contribution >= 4 is 17.2 Å². The molecule has 1 fully saturated rings. The fourth-order valence-electron chi connectivity index (χ4n) is 0.829. The summed E-state index contributed by atoms with van der Waals surface area (Å²) in [6.07, 6.45) is 3.63. The van der Waals surface area contributed by atoms with Gasteiger partial charge in [0.15, 0.2) is 0 Å². The van der Waals surface area contributed by atoms with E-state index in [0.717, 1.165) is 12.3 Å². The van der Waals surface area contributed by atoms with Crippen LogP contribution in [0.2, 0.25) is 0 Å². The highest BCUT2D eigenvalue weighted by molar-refractivity contribution is 7.80. The predicted molar refractivity (Wildman–Crippen MR) is 42.1 cm³/mol. The van der Waals surface area contributed by atoms with E-state index in [-0.39, 0.29) is 6.04 Å². The van der Waals surface area contributed by atoms with Gasteiger partial charge in [-0.25, -0.2) is 0 Å². The van der Waals surface area contributed by atoms with Crippen molar-refractivity contribution < 1.29 is 0 Å². The predicted octanol–water partition coefficient (Wildman–Crippen LogP) is 0.400. The number of nitrogens with two attached hydrogens (primary N) is 2. The number of hydrogen-bond donors (Lipinski definition) is 2. The Morgan fingerprint density at radius 2 is 2.22 bits per heavy atom. The highest BCUT2D eigenvalue weighted by Gasteiger charge is 2.24. The lowest BCUT2D eigenvalue weighted by Crippen LogP contribution is -2.35. The third kappa shape index (κ3) is 2.28. The average Bonchev–Trinajstić information content (AvgIpc) is 2.50. The SMILES string of the molecule is NC(=S)C(N)CC1CC1. The van der Waals surface area contributed by atoms with Gasteiger partial charge < -0.3 is 11.5 Å². The molecule has 1 saturated carbocycles. The Labute approximate surface area is 60.6 Å². The fraction of sp³-hybridized carbons (Fsp3) is 0.833. The maximum Gasteiger partial charge on any atom is 0.0897 e. The van der Waals surface area contributed by atoms with Gasteiger partial charge in [-0.05, 0) is 12.3 Å². The summed E-state index contributed by atoms with van der Waals surface area (Å²) < 4.78 is 0. The van der Waals surface area contributed by atoms with Gasteiger partial charge in [-0.1, -0.05) is 25.1 Å². The summed E-state index contributed by atoms with van der Waals surface area (Å²) in [7, 11) is 0. The molecule has 4 N–H and O–H groups in total. The molecule has 0 heterocycles. The standard InChI is InChI=1S/C6H12N2S/c7-5(6(8)9)3-4-1-2-4/h4-5H,1-3,7H2,(H2,8,9). The molecule has 0 aliphatic heterocycles. The van der Waals surface area contributed by atoms with Crippen LogP contribution in [0.25, 0.3) is 0 Å². The molecule has 0 spiro atoms. The Kier molecular flexibility index (Phi) is 2.03. The minimum absolute atomic E-state index is 0.0347. The first kappa shape index (κ1) is 6.96. The van der Waals surface area contributed by atoms with Gasteiger partial charge in [0.05, 0.1) is 11.0 Å². The minimum Gasteiger partial charge on any atom is -0.392 e. The van der Waals surface area contributed by atoms with Crippen molar-refractivity contribution in [3.63, 3.8) is 0 Å². The van der Waals surface area contributed by atoms with Crippen LogP contribution in [0.5, 0.6) is 0 Å². The van der Waals surface area contributed by atoms with E-state index in [4.69, 9.17) is 23.7 Å². The van der Waals surface area contributed by atoms with Crippen molar-refractivity contribution in [1.82, 2.24) is 0 Å². The monoisotopic (exact) mass is 144 g/mol. The van der Waals surface area contributed by atoms with Crippen molar-refractivity contribution in [3.8, 4) is 0 Å². The van der Waals surface area contributed by atoms with Crippen LogP contribution >= 0.6 is 12.2 Å². The summed E-state index contributed by atoms with van der Waals surface area (Å²) in [6.45, 7) is 0. The van der Waals surface area contributed by atoms with Crippen LogP contribution in [0, 0.1) is 5.92 Å². The molecule has 1 rings (SSSR count). The average molecular weight is 144 g/mol. The summed E-state index contributed by atoms with van der Waals surface area (Å²) in [6, 6.07) is -0.0347. The molecule has 3 heteroatoms. The first-order valence-corrected chi connectivity index (χ1v) is 3.66. The van der Waals surface area contributed by atoms with Gasteiger partial charge in [0.25, 0.3) is 0 Å². The van der Waals surface area contributed by atoms with Crippen molar-refractivity contribution in [1.29, 1.82) is 0 Å². The molecule has 1 aliphatic carbocycles. The van der Waals surface area contributed by atoms with Crippen molar-refractivity contribution in [3.05, 3.63) is 0 Å². The van der Waals surface area contributed by atoms with Crippen LogP contribution < -0.4 is 11.5 Å². The Bertz CT molecular complexity index is 120. The first-order valence-electron chi connectivity index (χ1n) is 3.25. The van der Waals surface area contributed by atoms with E-state index in [1.54, 1.807) is 0 Å². The molecule has 0 radical (unpaired) electrons. The van der Waals surface area contributed by atoms with E-state index in [2.05, 4.69) is 0 Å². The Hall–Kier alpha value is -0.150. The molecule has 9 heavy (non-hydrogen) atoms. The van der Waals surface area contributed by atoms with E-state index in [9.17, 15) is 0 Å². The summed E-state index contributed by atoms with van der Waals surface area (Å²) in [5, 5.41) is 0. The van der Waals surface area contributed by atoms with Gasteiger partial charge in [0.2, 0.25) is 0 Å². The van der Waals surface area contributed by atoms with Crippen LogP contribution in [0.1, 0.15) is 19.3 Å². The fourth-order valence-corrected chi connectivity index (χ4v) is 0.925. The van der Waals surface area contributed by atoms with Crippen LogP contribution in [-0.2, 0) is 0 Å². The van der Waals surface area contributed by atoms with Gasteiger partial charge in [-0.3, -0.25) is 0 Å². The molecule has 2 nitrogen and oxygen atoms in total. The number of thiocarbonyl (C=S) groups is 1. The molecular formula is C6H12N2S. The molecule has 0 aromatic heterocycles. The molecule has 0 aromatic carbocycles. The Balaban J connectivity index is 2.16. The molecule has 1 unspecified atom stereocenters. The van der Waals surface area contributed by atoms with E-state index < -0.39 is 0 Å². The van der Waals surface area contributed by atoms with Gasteiger partial charge >= 0.3 is 0 Å². The molecule has 1 aliphatic rings. The van der Waals surface area contributed by atoms with Crippen LogP contribution in [0.15, 0.2) is 0 Å². The smallest absolute Gasteiger partial charge is 0.0897 e. The molecule has 52 valence electrons. The highest BCUT2D eigenvalue weighted by Crippen LogP contribution is 2.32. The summed E-state index contributed by atoms with van der Waals surface area (Å²) in [4.78, 5) is 0.460. The summed E-state index contributed by atoms with van der Waals surface area (Å²) in [5.41, 5.74) is 10.9. The number of hydrogen-bond acceptors (Lipinski definition) is 2. The third-order valence-electron chi connectivity index (χ3n) is 1.65. The normalized spacial score (nSPS) is 21.4. The summed E-state index contributed by atoms with van der Waals surface area (Å²) in [5.74, 6) is 0.821. The zero-order valence-electron chi connectivity index (χ0n) is 5.34. The van der Waals surface area contributed by atoms with Gasteiger partial charge in [0, 0.05) is 0 Å². The van der Waals surface area contributed by atoms with E-state index in [1.807, 2.05) is 0 Å². The Morgan fingerprint density at radius 1 is 1.67 bits per heavy atom. The van der Waals surface area contributed by atoms with Crippen molar-refractivity contribution in [2.75, 3.05) is 0 Å². The number of rotatable bonds is 3. The largest absolute Gasteiger partial charge is 0.392 e. The molecule has 1 atom stereocenters. The van der Waals surface area contributed by atoms with E-state index in [1.165, 1.54) is 12.8 Å². The van der Waals surface area contributed by atoms with Crippen molar-refractivity contribution in [2.45, 2.75) is 25.3 Å². The van der Waals surface area contributed by atoms with Crippen LogP contribution in [0.3, 0.4) is 0 Å². The lowest BCUT2D eigenvalue weighted by molar-refractivity contribution is 0.678. The second kappa shape index (κ2) is 2.62. The first-order chi connectivity index (χ1) is 4.20. The highest BCUT2D eigenvalue weighted by atomic mass is 32.1. The third-order valence-corrected chi connectivity index (χ3v) is 1.95. The topological polar surface area (TPSA) is 52.0 Å². The van der Waals surface area contributed by atoms with E-state index >= 15 is 0 Å². The molecule has 0 bridgehead atoms. The molecule has 0 saturated heterocycles. The Morgan fingerprint density at radius 3 is 2.56 bits per heavy atom. The maximum atomic E-state index is 5.59. The second-order valence-corrected chi connectivity index (χ2v) is 3.16.